The van der Waals surface area contributed by atoms with Gasteiger partial charge in [-0.1, -0.05) is 6.42 Å². The SMILES string of the molecule is COC(=O)c1cc(NC(=O)C2CCCCN2)cc([N+](=O)[O-])c1. The highest BCUT2D eigenvalue weighted by atomic mass is 16.6. The second-order valence-electron chi connectivity index (χ2n) is 5.01. The maximum atomic E-state index is 12.1. The number of nitrogens with one attached hydrogen (secondary N) is 2. The zero-order valence-electron chi connectivity index (χ0n) is 12.1. The molecule has 8 heteroatoms. The summed E-state index contributed by atoms with van der Waals surface area (Å²) in [5.74, 6) is -0.967. The molecule has 1 aliphatic rings. The average molecular weight is 307 g/mol. The highest BCUT2D eigenvalue weighted by Gasteiger charge is 2.22. The molecule has 1 fully saturated rings. The van der Waals surface area contributed by atoms with Crippen LogP contribution in [0.1, 0.15) is 29.6 Å². The third kappa shape index (κ3) is 3.79. The fraction of sp³-hybridized carbons (Fsp3) is 0.429. The molecule has 0 saturated carbocycles. The summed E-state index contributed by atoms with van der Waals surface area (Å²) in [6, 6.07) is 3.36. The number of carbonyl (C=O) groups excluding carboxylic acids is 2. The van der Waals surface area contributed by atoms with E-state index in [2.05, 4.69) is 15.4 Å². The first-order valence-electron chi connectivity index (χ1n) is 6.93. The molecule has 1 heterocycles. The quantitative estimate of drug-likeness (QED) is 0.495. The lowest BCUT2D eigenvalue weighted by Crippen LogP contribution is -2.43. The highest BCUT2D eigenvalue weighted by Crippen LogP contribution is 2.22. The number of hydrogen-bond donors (Lipinski definition) is 2. The standard InChI is InChI=1S/C14H17N3O5/c1-22-14(19)9-6-10(8-11(7-9)17(20)21)16-13(18)12-4-2-3-5-15-12/h6-8,12,15H,2-5H2,1H3,(H,16,18). The fourth-order valence-corrected chi connectivity index (χ4v) is 2.33. The van der Waals surface area contributed by atoms with Crippen molar-refractivity contribution in [3.05, 3.63) is 33.9 Å². The molecule has 1 unspecified atom stereocenters. The van der Waals surface area contributed by atoms with Gasteiger partial charge in [-0.15, -0.1) is 0 Å². The van der Waals surface area contributed by atoms with E-state index < -0.39 is 10.9 Å². The Labute approximate surface area is 127 Å². The van der Waals surface area contributed by atoms with Gasteiger partial charge in [0.2, 0.25) is 5.91 Å². The molecule has 22 heavy (non-hydrogen) atoms. The number of anilines is 1. The number of non-ortho nitro benzene ring substituents is 1. The van der Waals surface area contributed by atoms with Crippen molar-refractivity contribution < 1.29 is 19.2 Å². The number of ether oxygens (including phenoxy) is 1. The summed E-state index contributed by atoms with van der Waals surface area (Å²) in [6.07, 6.45) is 2.69. The van der Waals surface area contributed by atoms with Gasteiger partial charge in [-0.3, -0.25) is 14.9 Å². The van der Waals surface area contributed by atoms with E-state index in [-0.39, 0.29) is 28.9 Å². The van der Waals surface area contributed by atoms with Gasteiger partial charge in [0, 0.05) is 17.8 Å². The number of methoxy groups -OCH3 is 1. The van der Waals surface area contributed by atoms with Gasteiger partial charge in [0.15, 0.2) is 0 Å². The van der Waals surface area contributed by atoms with Crippen molar-refractivity contribution in [2.75, 3.05) is 19.0 Å². The largest absolute Gasteiger partial charge is 0.465 e. The Hall–Kier alpha value is -2.48. The van der Waals surface area contributed by atoms with Crippen molar-refractivity contribution in [1.82, 2.24) is 5.32 Å². The van der Waals surface area contributed by atoms with Gasteiger partial charge < -0.3 is 15.4 Å². The second kappa shape index (κ2) is 6.99. The summed E-state index contributed by atoms with van der Waals surface area (Å²) in [6.45, 7) is 0.764. The minimum absolute atomic E-state index is 0.0172. The third-order valence-corrected chi connectivity index (χ3v) is 3.44. The Morgan fingerprint density at radius 1 is 1.36 bits per heavy atom. The van der Waals surface area contributed by atoms with Crippen LogP contribution in [0.4, 0.5) is 11.4 Å². The molecule has 1 aromatic carbocycles. The Balaban J connectivity index is 2.21. The lowest BCUT2D eigenvalue weighted by Gasteiger charge is -2.22. The molecule has 0 aliphatic carbocycles. The van der Waals surface area contributed by atoms with Gasteiger partial charge in [0.25, 0.3) is 5.69 Å². The normalized spacial score (nSPS) is 17.6. The van der Waals surface area contributed by atoms with Crippen LogP contribution in [0.2, 0.25) is 0 Å². The Morgan fingerprint density at radius 2 is 2.14 bits per heavy atom. The van der Waals surface area contributed by atoms with Crippen LogP contribution in [0.5, 0.6) is 0 Å². The number of rotatable bonds is 4. The molecule has 118 valence electrons. The summed E-state index contributed by atoms with van der Waals surface area (Å²) in [4.78, 5) is 34.0. The fourth-order valence-electron chi connectivity index (χ4n) is 2.33. The minimum atomic E-state index is -0.699. The molecule has 0 radical (unpaired) electrons. The van der Waals surface area contributed by atoms with E-state index in [4.69, 9.17) is 0 Å². The molecule has 1 aromatic rings. The molecule has 1 atom stereocenters. The summed E-state index contributed by atoms with van der Waals surface area (Å²) in [5.41, 5.74) is -0.0645. The van der Waals surface area contributed by atoms with Crippen molar-refractivity contribution in [3.63, 3.8) is 0 Å². The van der Waals surface area contributed by atoms with E-state index in [1.165, 1.54) is 19.2 Å². The molecular formula is C14H17N3O5. The summed E-state index contributed by atoms with van der Waals surface area (Å²) >= 11 is 0. The van der Waals surface area contributed by atoms with Gasteiger partial charge in [-0.2, -0.15) is 0 Å². The van der Waals surface area contributed by atoms with E-state index in [0.29, 0.717) is 6.42 Å². The van der Waals surface area contributed by atoms with Crippen LogP contribution in [0, 0.1) is 10.1 Å². The zero-order valence-corrected chi connectivity index (χ0v) is 12.1. The summed E-state index contributed by atoms with van der Waals surface area (Å²) in [7, 11) is 1.19. The van der Waals surface area contributed by atoms with Crippen LogP contribution < -0.4 is 10.6 Å². The van der Waals surface area contributed by atoms with E-state index in [9.17, 15) is 19.7 Å². The number of carbonyl (C=O) groups is 2. The van der Waals surface area contributed by atoms with Crippen LogP contribution in [0.25, 0.3) is 0 Å². The van der Waals surface area contributed by atoms with Crippen LogP contribution in [0.3, 0.4) is 0 Å². The maximum absolute atomic E-state index is 12.1. The number of benzene rings is 1. The van der Waals surface area contributed by atoms with Crippen LogP contribution in [-0.2, 0) is 9.53 Å². The molecule has 1 aliphatic heterocycles. The number of amides is 1. The molecular weight excluding hydrogens is 290 g/mol. The van der Waals surface area contributed by atoms with Crippen LogP contribution >= 0.6 is 0 Å². The third-order valence-electron chi connectivity index (χ3n) is 3.44. The van der Waals surface area contributed by atoms with Crippen molar-refractivity contribution in [1.29, 1.82) is 0 Å². The molecule has 1 saturated heterocycles. The van der Waals surface area contributed by atoms with Crippen molar-refractivity contribution >= 4 is 23.3 Å². The topological polar surface area (TPSA) is 111 Å². The predicted octanol–water partition coefficient (Wildman–Crippen LogP) is 1.46. The predicted molar refractivity (Wildman–Crippen MR) is 78.7 cm³/mol. The molecule has 1 amide bonds. The number of nitro groups is 1. The van der Waals surface area contributed by atoms with Gasteiger partial charge in [0.1, 0.15) is 0 Å². The highest BCUT2D eigenvalue weighted by molar-refractivity contribution is 5.97. The summed E-state index contributed by atoms with van der Waals surface area (Å²) in [5, 5.41) is 16.6. The first kappa shape index (κ1) is 15.9. The maximum Gasteiger partial charge on any atom is 0.338 e. The molecule has 0 aromatic heterocycles. The lowest BCUT2D eigenvalue weighted by molar-refractivity contribution is -0.384. The van der Waals surface area contributed by atoms with E-state index >= 15 is 0 Å². The first-order chi connectivity index (χ1) is 10.5. The first-order valence-corrected chi connectivity index (χ1v) is 6.93. The number of nitro benzene ring substituents is 1. The zero-order chi connectivity index (χ0) is 16.1. The molecule has 8 nitrogen and oxygen atoms in total. The lowest BCUT2D eigenvalue weighted by atomic mass is 10.0. The van der Waals surface area contributed by atoms with Gasteiger partial charge in [-0.05, 0) is 25.5 Å². The van der Waals surface area contributed by atoms with E-state index in [1.54, 1.807) is 0 Å². The van der Waals surface area contributed by atoms with Crippen molar-refractivity contribution in [2.45, 2.75) is 25.3 Å². The van der Waals surface area contributed by atoms with E-state index in [1.807, 2.05) is 0 Å². The smallest absolute Gasteiger partial charge is 0.338 e. The Morgan fingerprint density at radius 3 is 2.73 bits per heavy atom. The molecule has 2 N–H and O–H groups in total. The monoisotopic (exact) mass is 307 g/mol. The van der Waals surface area contributed by atoms with Crippen molar-refractivity contribution in [2.24, 2.45) is 0 Å². The molecule has 2 rings (SSSR count). The average Bonchev–Trinajstić information content (AvgIpc) is 2.54. The Bertz CT molecular complexity index is 596. The van der Waals surface area contributed by atoms with Crippen LogP contribution in [-0.4, -0.2) is 36.5 Å². The number of piperidine rings is 1. The summed E-state index contributed by atoms with van der Waals surface area (Å²) < 4.78 is 4.56. The second-order valence-corrected chi connectivity index (χ2v) is 5.01. The van der Waals surface area contributed by atoms with Crippen molar-refractivity contribution in [3.8, 4) is 0 Å². The number of esters is 1. The molecule has 0 spiro atoms. The van der Waals surface area contributed by atoms with Gasteiger partial charge >= 0.3 is 5.97 Å². The van der Waals surface area contributed by atoms with Crippen LogP contribution in [0.15, 0.2) is 18.2 Å². The Kier molecular flexibility index (Phi) is 5.05. The van der Waals surface area contributed by atoms with Gasteiger partial charge in [0.05, 0.1) is 23.6 Å². The number of hydrogen-bond acceptors (Lipinski definition) is 6. The van der Waals surface area contributed by atoms with E-state index in [0.717, 1.165) is 25.5 Å². The minimum Gasteiger partial charge on any atom is -0.465 e. The number of nitrogens with zero attached hydrogens (tertiary/aromatic N) is 1. The van der Waals surface area contributed by atoms with Gasteiger partial charge in [-0.25, -0.2) is 4.79 Å². The molecule has 0 bridgehead atoms.